The van der Waals surface area contributed by atoms with Crippen molar-refractivity contribution in [2.75, 3.05) is 13.2 Å². The summed E-state index contributed by atoms with van der Waals surface area (Å²) in [5, 5.41) is 0. The average molecular weight is 354 g/mol. The van der Waals surface area contributed by atoms with Crippen LogP contribution in [-0.2, 0) is 22.6 Å². The highest BCUT2D eigenvalue weighted by Gasteiger charge is 2.03. The van der Waals surface area contributed by atoms with Crippen LogP contribution in [0, 0.1) is 0 Å². The number of aromatic nitrogens is 2. The summed E-state index contributed by atoms with van der Waals surface area (Å²) in [6.07, 6.45) is 17.4. The van der Waals surface area contributed by atoms with Gasteiger partial charge in [0.05, 0.1) is 25.3 Å². The van der Waals surface area contributed by atoms with Gasteiger partial charge in [-0.3, -0.25) is 0 Å². The van der Waals surface area contributed by atoms with E-state index in [0.29, 0.717) is 12.2 Å². The molecule has 0 aromatic carbocycles. The number of rotatable bonds is 16. The molecule has 0 bridgehead atoms. The van der Waals surface area contributed by atoms with Gasteiger partial charge in [0.15, 0.2) is 0 Å². The smallest absolute Gasteiger partial charge is 0.243 e. The molecule has 1 heterocycles. The van der Waals surface area contributed by atoms with E-state index in [1.54, 1.807) is 0 Å². The Bertz CT molecular complexity index is 379. The van der Waals surface area contributed by atoms with E-state index in [2.05, 4.69) is 55.6 Å². The normalized spacial score (nSPS) is 11.8. The zero-order valence-electron chi connectivity index (χ0n) is 17.1. The third kappa shape index (κ3) is 13.1. The summed E-state index contributed by atoms with van der Waals surface area (Å²) in [6.45, 7) is 12.5. The van der Waals surface area contributed by atoms with Crippen LogP contribution in [0.4, 0.5) is 0 Å². The summed E-state index contributed by atoms with van der Waals surface area (Å²) in [6, 6.07) is 0. The third-order valence-corrected chi connectivity index (χ3v) is 4.27. The van der Waals surface area contributed by atoms with E-state index in [1.165, 1.54) is 51.4 Å². The molecule has 0 unspecified atom stereocenters. The quantitative estimate of drug-likeness (QED) is 0.317. The minimum absolute atomic E-state index is 0.365. The molecule has 25 heavy (non-hydrogen) atoms. The molecule has 0 spiro atoms. The summed E-state index contributed by atoms with van der Waals surface area (Å²) < 4.78 is 15.8. The van der Waals surface area contributed by atoms with Gasteiger partial charge in [-0.25, -0.2) is 9.13 Å². The van der Waals surface area contributed by atoms with Gasteiger partial charge in [-0.05, 0) is 66.2 Å². The molecule has 4 heteroatoms. The standard InChI is InChI=1S/C21H41N2O2/c1-20(2)24-17-11-7-5-9-13-22-15-16-23(19-22)14-10-6-8-12-18-25-21(3)4/h15-16,19-21H,5-14,17-18H2,1-4H3/q+1. The van der Waals surface area contributed by atoms with Crippen LogP contribution in [0.25, 0.3) is 0 Å². The van der Waals surface area contributed by atoms with Crippen LogP contribution in [0.2, 0.25) is 0 Å². The lowest BCUT2D eigenvalue weighted by atomic mass is 10.2. The molecule has 146 valence electrons. The fourth-order valence-electron chi connectivity index (χ4n) is 2.84. The lowest BCUT2D eigenvalue weighted by Gasteiger charge is -2.06. The second kappa shape index (κ2) is 14.3. The summed E-state index contributed by atoms with van der Waals surface area (Å²) in [7, 11) is 0. The Morgan fingerprint density at radius 2 is 1.32 bits per heavy atom. The molecule has 0 N–H and O–H groups in total. The molecule has 0 aliphatic heterocycles. The van der Waals surface area contributed by atoms with E-state index < -0.39 is 0 Å². The van der Waals surface area contributed by atoms with Crippen molar-refractivity contribution in [3.63, 3.8) is 0 Å². The maximum Gasteiger partial charge on any atom is 0.243 e. The number of imidazole rings is 1. The maximum atomic E-state index is 5.57. The van der Waals surface area contributed by atoms with Gasteiger partial charge in [0.2, 0.25) is 6.33 Å². The molecule has 0 saturated heterocycles. The highest BCUT2D eigenvalue weighted by atomic mass is 16.5. The molecular weight excluding hydrogens is 312 g/mol. The Hall–Kier alpha value is -0.870. The fraction of sp³-hybridized carbons (Fsp3) is 0.857. The molecule has 0 aliphatic carbocycles. The van der Waals surface area contributed by atoms with Gasteiger partial charge in [0, 0.05) is 13.2 Å². The highest BCUT2D eigenvalue weighted by Crippen LogP contribution is 2.04. The first-order chi connectivity index (χ1) is 12.1. The van der Waals surface area contributed by atoms with E-state index >= 15 is 0 Å². The lowest BCUT2D eigenvalue weighted by molar-refractivity contribution is -0.696. The molecule has 0 aliphatic rings. The van der Waals surface area contributed by atoms with E-state index in [1.807, 2.05) is 0 Å². The molecule has 1 rings (SSSR count). The van der Waals surface area contributed by atoms with Gasteiger partial charge in [-0.15, -0.1) is 0 Å². The van der Waals surface area contributed by atoms with Crippen molar-refractivity contribution in [3.05, 3.63) is 18.7 Å². The van der Waals surface area contributed by atoms with Crippen LogP contribution < -0.4 is 4.57 Å². The first-order valence-electron chi connectivity index (χ1n) is 10.4. The molecule has 0 fully saturated rings. The van der Waals surface area contributed by atoms with Crippen molar-refractivity contribution in [2.24, 2.45) is 0 Å². The van der Waals surface area contributed by atoms with Crippen LogP contribution in [0.3, 0.4) is 0 Å². The molecule has 0 amide bonds. The van der Waals surface area contributed by atoms with Crippen LogP contribution >= 0.6 is 0 Å². The minimum Gasteiger partial charge on any atom is -0.379 e. The number of aryl methyl sites for hydroxylation is 2. The van der Waals surface area contributed by atoms with Crippen molar-refractivity contribution in [1.29, 1.82) is 0 Å². The third-order valence-electron chi connectivity index (χ3n) is 4.27. The number of hydrogen-bond acceptors (Lipinski definition) is 2. The summed E-state index contributed by atoms with van der Waals surface area (Å²) in [5.74, 6) is 0. The largest absolute Gasteiger partial charge is 0.379 e. The van der Waals surface area contributed by atoms with Crippen molar-refractivity contribution in [3.8, 4) is 0 Å². The van der Waals surface area contributed by atoms with Crippen molar-refractivity contribution < 1.29 is 14.0 Å². The van der Waals surface area contributed by atoms with Gasteiger partial charge in [0.1, 0.15) is 12.4 Å². The summed E-state index contributed by atoms with van der Waals surface area (Å²) >= 11 is 0. The zero-order valence-corrected chi connectivity index (χ0v) is 17.1. The average Bonchev–Trinajstić information content (AvgIpc) is 3.00. The van der Waals surface area contributed by atoms with Crippen molar-refractivity contribution >= 4 is 0 Å². The Balaban J connectivity index is 1.97. The number of hydrogen-bond donors (Lipinski definition) is 0. The Morgan fingerprint density at radius 1 is 0.760 bits per heavy atom. The molecule has 0 saturated carbocycles. The van der Waals surface area contributed by atoms with Gasteiger partial charge in [-0.1, -0.05) is 12.8 Å². The predicted octanol–water partition coefficient (Wildman–Crippen LogP) is 4.75. The Labute approximate surface area is 155 Å². The molecule has 0 radical (unpaired) electrons. The van der Waals surface area contributed by atoms with Crippen molar-refractivity contribution in [2.45, 2.75) is 104 Å². The first kappa shape index (κ1) is 22.2. The minimum atomic E-state index is 0.365. The monoisotopic (exact) mass is 353 g/mol. The zero-order chi connectivity index (χ0) is 18.3. The van der Waals surface area contributed by atoms with E-state index in [9.17, 15) is 0 Å². The second-order valence-electron chi connectivity index (χ2n) is 7.56. The van der Waals surface area contributed by atoms with E-state index in [4.69, 9.17) is 9.47 Å². The molecule has 0 atom stereocenters. The lowest BCUT2D eigenvalue weighted by Crippen LogP contribution is -2.30. The van der Waals surface area contributed by atoms with Gasteiger partial charge >= 0.3 is 0 Å². The van der Waals surface area contributed by atoms with E-state index in [0.717, 1.165) is 26.3 Å². The maximum absolute atomic E-state index is 5.57. The number of ether oxygens (including phenoxy) is 2. The molecule has 1 aromatic heterocycles. The summed E-state index contributed by atoms with van der Waals surface area (Å²) in [4.78, 5) is 0. The van der Waals surface area contributed by atoms with E-state index in [-0.39, 0.29) is 0 Å². The Morgan fingerprint density at radius 3 is 1.92 bits per heavy atom. The SMILES string of the molecule is CC(C)OCCCCCCn1cc[n+](CCCCCCOC(C)C)c1. The second-order valence-corrected chi connectivity index (χ2v) is 7.56. The molecular formula is C21H41N2O2+. The van der Waals surface area contributed by atoms with Crippen LogP contribution in [0.1, 0.15) is 79.1 Å². The van der Waals surface area contributed by atoms with Crippen molar-refractivity contribution in [1.82, 2.24) is 4.57 Å². The number of unbranched alkanes of at least 4 members (excludes halogenated alkanes) is 6. The van der Waals surface area contributed by atoms with Gasteiger partial charge < -0.3 is 9.47 Å². The topological polar surface area (TPSA) is 27.3 Å². The first-order valence-corrected chi connectivity index (χ1v) is 10.4. The highest BCUT2D eigenvalue weighted by molar-refractivity contribution is 4.66. The number of nitrogens with zero attached hydrogens (tertiary/aromatic N) is 2. The predicted molar refractivity (Wildman–Crippen MR) is 104 cm³/mol. The molecule has 1 aromatic rings. The van der Waals surface area contributed by atoms with Crippen LogP contribution in [0.5, 0.6) is 0 Å². The van der Waals surface area contributed by atoms with Gasteiger partial charge in [-0.2, -0.15) is 0 Å². The van der Waals surface area contributed by atoms with Crippen LogP contribution in [-0.4, -0.2) is 30.0 Å². The Kier molecular flexibility index (Phi) is 12.7. The van der Waals surface area contributed by atoms with Gasteiger partial charge in [0.25, 0.3) is 0 Å². The molecule has 4 nitrogen and oxygen atoms in total. The van der Waals surface area contributed by atoms with Crippen LogP contribution in [0.15, 0.2) is 18.7 Å². The fourth-order valence-corrected chi connectivity index (χ4v) is 2.84. The summed E-state index contributed by atoms with van der Waals surface area (Å²) in [5.41, 5.74) is 0.